The summed E-state index contributed by atoms with van der Waals surface area (Å²) in [5.41, 5.74) is -0.0713. The molecule has 0 saturated carbocycles. The van der Waals surface area contributed by atoms with Gasteiger partial charge in [-0.25, -0.2) is 12.8 Å². The van der Waals surface area contributed by atoms with Gasteiger partial charge in [0, 0.05) is 15.8 Å². The second-order valence-corrected chi connectivity index (χ2v) is 9.53. The van der Waals surface area contributed by atoms with Crippen molar-refractivity contribution in [3.8, 4) is 0 Å². The molecule has 1 heterocycles. The van der Waals surface area contributed by atoms with Crippen molar-refractivity contribution in [3.05, 3.63) is 34.6 Å². The highest BCUT2D eigenvalue weighted by Crippen LogP contribution is 2.29. The summed E-state index contributed by atoms with van der Waals surface area (Å²) < 4.78 is 40.8. The lowest BCUT2D eigenvalue weighted by Gasteiger charge is -2.07. The molecule has 2 rings (SSSR count). The number of hydrogen-bond acceptors (Lipinski definition) is 6. The Morgan fingerprint density at radius 3 is 2.77 bits per heavy atom. The molecular weight excluding hydrogens is 369 g/mol. The van der Waals surface area contributed by atoms with Crippen LogP contribution in [0.1, 0.15) is 19.4 Å². The van der Waals surface area contributed by atoms with Gasteiger partial charge in [0.05, 0.1) is 5.75 Å². The lowest BCUT2D eigenvalue weighted by Crippen LogP contribution is -2.16. The molecule has 0 fully saturated rings. The quantitative estimate of drug-likeness (QED) is 0.771. The van der Waals surface area contributed by atoms with Gasteiger partial charge in [-0.3, -0.25) is 4.72 Å². The first kappa shape index (κ1) is 17.5. The van der Waals surface area contributed by atoms with E-state index >= 15 is 0 Å². The Labute approximate surface area is 141 Å². The molecule has 0 radical (unpaired) electrons. The maximum absolute atomic E-state index is 13.7. The van der Waals surface area contributed by atoms with Gasteiger partial charge in [0.25, 0.3) is 0 Å². The molecule has 2 aromatic rings. The van der Waals surface area contributed by atoms with Crippen molar-refractivity contribution in [3.63, 3.8) is 0 Å². The van der Waals surface area contributed by atoms with Gasteiger partial charge in [-0.2, -0.15) is 0 Å². The highest BCUT2D eigenvalue weighted by Gasteiger charge is 2.19. The Balaban J connectivity index is 2.13. The van der Waals surface area contributed by atoms with Crippen LogP contribution in [0.25, 0.3) is 0 Å². The third kappa shape index (κ3) is 4.80. The van der Waals surface area contributed by atoms with Crippen molar-refractivity contribution in [1.82, 2.24) is 10.2 Å². The maximum Gasteiger partial charge on any atom is 0.238 e. The normalized spacial score (nSPS) is 11.9. The van der Waals surface area contributed by atoms with Crippen molar-refractivity contribution < 1.29 is 12.8 Å². The summed E-state index contributed by atoms with van der Waals surface area (Å²) in [5.74, 6) is -1.23. The highest BCUT2D eigenvalue weighted by molar-refractivity contribution is 8.01. The summed E-state index contributed by atoms with van der Waals surface area (Å²) >= 11 is 8.45. The molecule has 1 aromatic heterocycles. The number of benzene rings is 1. The summed E-state index contributed by atoms with van der Waals surface area (Å²) in [5, 5.41) is 8.19. The third-order valence-corrected chi connectivity index (χ3v) is 5.96. The number of hydrogen-bond donors (Lipinski definition) is 1. The van der Waals surface area contributed by atoms with Gasteiger partial charge in [0.1, 0.15) is 5.82 Å². The average molecular weight is 382 g/mol. The molecule has 0 bridgehead atoms. The molecule has 0 aliphatic carbocycles. The minimum absolute atomic E-state index is 0.0682. The van der Waals surface area contributed by atoms with Crippen LogP contribution in [0.2, 0.25) is 5.02 Å². The molecule has 0 aliphatic heterocycles. The van der Waals surface area contributed by atoms with Gasteiger partial charge in [-0.1, -0.05) is 54.6 Å². The summed E-state index contributed by atoms with van der Waals surface area (Å²) in [4.78, 5) is 0. The number of sulfonamides is 1. The number of nitrogens with one attached hydrogen (secondary N) is 1. The molecule has 5 nitrogen and oxygen atoms in total. The largest absolute Gasteiger partial charge is 0.257 e. The molecule has 0 spiro atoms. The summed E-state index contributed by atoms with van der Waals surface area (Å²) in [6, 6.07) is 4.03. The van der Waals surface area contributed by atoms with E-state index in [1.54, 1.807) is 0 Å². The number of halogens is 2. The van der Waals surface area contributed by atoms with Crippen LogP contribution in [0.5, 0.6) is 0 Å². The zero-order chi connectivity index (χ0) is 16.3. The molecule has 0 aliphatic rings. The Kier molecular flexibility index (Phi) is 5.65. The van der Waals surface area contributed by atoms with E-state index in [1.165, 1.54) is 30.0 Å². The number of nitrogens with zero attached hydrogens (tertiary/aromatic N) is 2. The van der Waals surface area contributed by atoms with Gasteiger partial charge < -0.3 is 0 Å². The van der Waals surface area contributed by atoms with E-state index in [1.807, 2.05) is 13.8 Å². The van der Waals surface area contributed by atoms with Gasteiger partial charge in [0.15, 0.2) is 4.34 Å². The SMILES string of the molecule is CC(C)Sc1nnc(NS(=O)(=O)Cc2c(F)cccc2Cl)s1. The summed E-state index contributed by atoms with van der Waals surface area (Å²) in [6.07, 6.45) is 0. The Morgan fingerprint density at radius 1 is 1.41 bits per heavy atom. The fraction of sp³-hybridized carbons (Fsp3) is 0.333. The molecular formula is C12H13ClFN3O2S3. The second-order valence-electron chi connectivity index (χ2n) is 4.60. The maximum atomic E-state index is 13.7. The second kappa shape index (κ2) is 7.12. The zero-order valence-electron chi connectivity index (χ0n) is 11.7. The smallest absolute Gasteiger partial charge is 0.238 e. The van der Waals surface area contributed by atoms with Gasteiger partial charge >= 0.3 is 0 Å². The van der Waals surface area contributed by atoms with Crippen LogP contribution in [0.4, 0.5) is 9.52 Å². The van der Waals surface area contributed by atoms with Crippen molar-refractivity contribution in [2.45, 2.75) is 29.2 Å². The molecule has 22 heavy (non-hydrogen) atoms. The Hall–Kier alpha value is -0.900. The van der Waals surface area contributed by atoms with Gasteiger partial charge in [-0.05, 0) is 12.1 Å². The lowest BCUT2D eigenvalue weighted by molar-refractivity contribution is 0.591. The van der Waals surface area contributed by atoms with Crippen LogP contribution in [-0.4, -0.2) is 23.9 Å². The van der Waals surface area contributed by atoms with E-state index in [2.05, 4.69) is 14.9 Å². The Morgan fingerprint density at radius 2 is 2.14 bits per heavy atom. The van der Waals surface area contributed by atoms with Gasteiger partial charge in [-0.15, -0.1) is 10.2 Å². The minimum Gasteiger partial charge on any atom is -0.257 e. The molecule has 0 saturated heterocycles. The molecule has 10 heteroatoms. The molecule has 0 atom stereocenters. The van der Waals surface area contributed by atoms with Crippen molar-refractivity contribution in [2.24, 2.45) is 0 Å². The first-order chi connectivity index (χ1) is 10.3. The molecule has 120 valence electrons. The fourth-order valence-electron chi connectivity index (χ4n) is 1.53. The first-order valence-corrected chi connectivity index (χ1v) is 9.93. The van der Waals surface area contributed by atoms with E-state index < -0.39 is 21.6 Å². The topological polar surface area (TPSA) is 72.0 Å². The van der Waals surface area contributed by atoms with Crippen LogP contribution in [-0.2, 0) is 15.8 Å². The highest BCUT2D eigenvalue weighted by atomic mass is 35.5. The van der Waals surface area contributed by atoms with Crippen molar-refractivity contribution >= 4 is 49.9 Å². The minimum atomic E-state index is -3.82. The Bertz CT molecular complexity index is 744. The van der Waals surface area contributed by atoms with Crippen molar-refractivity contribution in [2.75, 3.05) is 4.72 Å². The lowest BCUT2D eigenvalue weighted by atomic mass is 10.2. The van der Waals surface area contributed by atoms with Crippen LogP contribution in [0.3, 0.4) is 0 Å². The van der Waals surface area contributed by atoms with Crippen LogP contribution < -0.4 is 4.72 Å². The van der Waals surface area contributed by atoms with Crippen LogP contribution in [0.15, 0.2) is 22.5 Å². The molecule has 1 N–H and O–H groups in total. The summed E-state index contributed by atoms with van der Waals surface area (Å²) in [6.45, 7) is 3.99. The third-order valence-electron chi connectivity index (χ3n) is 2.38. The van der Waals surface area contributed by atoms with E-state index in [-0.39, 0.29) is 15.7 Å². The number of thioether (sulfide) groups is 1. The number of rotatable bonds is 6. The molecule has 0 unspecified atom stereocenters. The van der Waals surface area contributed by atoms with E-state index in [9.17, 15) is 12.8 Å². The average Bonchev–Trinajstić information content (AvgIpc) is 2.79. The van der Waals surface area contributed by atoms with E-state index in [0.29, 0.717) is 9.59 Å². The predicted octanol–water partition coefficient (Wildman–Crippen LogP) is 3.77. The molecule has 1 aromatic carbocycles. The number of aromatic nitrogens is 2. The van der Waals surface area contributed by atoms with Gasteiger partial charge in [0.2, 0.25) is 15.2 Å². The monoisotopic (exact) mass is 381 g/mol. The zero-order valence-corrected chi connectivity index (χ0v) is 14.9. The fourth-order valence-corrected chi connectivity index (χ4v) is 5.27. The van der Waals surface area contributed by atoms with E-state index in [0.717, 1.165) is 11.3 Å². The first-order valence-electron chi connectivity index (χ1n) is 6.20. The van der Waals surface area contributed by atoms with Crippen LogP contribution >= 0.6 is 34.7 Å². The number of anilines is 1. The van der Waals surface area contributed by atoms with Crippen molar-refractivity contribution in [1.29, 1.82) is 0 Å². The summed E-state index contributed by atoms with van der Waals surface area (Å²) in [7, 11) is -3.82. The van der Waals surface area contributed by atoms with Crippen LogP contribution in [0, 0.1) is 5.82 Å². The standard InChI is InChI=1S/C12H13ClFN3O2S3/c1-7(2)20-12-16-15-11(21-12)17-22(18,19)6-8-9(13)4-3-5-10(8)14/h3-5,7H,6H2,1-2H3,(H,15,17). The molecule has 0 amide bonds. The predicted molar refractivity (Wildman–Crippen MR) is 88.6 cm³/mol. The van der Waals surface area contributed by atoms with E-state index in [4.69, 9.17) is 11.6 Å².